The third kappa shape index (κ3) is 1.61. The molecule has 0 saturated heterocycles. The molecule has 58 valence electrons. The Labute approximate surface area is 66.3 Å². The summed E-state index contributed by atoms with van der Waals surface area (Å²) in [6.45, 7) is 3.66. The highest BCUT2D eigenvalue weighted by Crippen LogP contribution is 1.78. The summed E-state index contributed by atoms with van der Waals surface area (Å²) in [6.07, 6.45) is 1.98. The molecule has 0 saturated carbocycles. The van der Waals surface area contributed by atoms with Crippen LogP contribution in [0.3, 0.4) is 0 Å². The molecule has 0 bridgehead atoms. The van der Waals surface area contributed by atoms with Gasteiger partial charge in [0.1, 0.15) is 0 Å². The molecule has 0 fully saturated rings. The van der Waals surface area contributed by atoms with Gasteiger partial charge in [-0.3, -0.25) is 0 Å². The molecule has 1 N–H and O–H groups in total. The van der Waals surface area contributed by atoms with Crippen molar-refractivity contribution in [3.05, 3.63) is 34.7 Å². The zero-order chi connectivity index (χ0) is 8.27. The Balaban J connectivity index is 3.64. The van der Waals surface area contributed by atoms with Crippen molar-refractivity contribution < 1.29 is 5.11 Å². The monoisotopic (exact) mass is 148 g/mol. The smallest absolute Gasteiger partial charge is 0.0969 e. The molecule has 11 heavy (non-hydrogen) atoms. The number of hydrogen-bond donors (Lipinski definition) is 1. The highest BCUT2D eigenvalue weighted by Gasteiger charge is 1.85. The molecule has 0 atom stereocenters. The Morgan fingerprint density at radius 1 is 1.36 bits per heavy atom. The highest BCUT2D eigenvalue weighted by molar-refractivity contribution is 5.35. The van der Waals surface area contributed by atoms with Crippen molar-refractivity contribution in [2.24, 2.45) is 0 Å². The largest absolute Gasteiger partial charge is 0.512 e. The van der Waals surface area contributed by atoms with Crippen LogP contribution >= 0.6 is 0 Å². The van der Waals surface area contributed by atoms with E-state index in [1.54, 1.807) is 6.92 Å². The van der Waals surface area contributed by atoms with Crippen molar-refractivity contribution in [3.63, 3.8) is 0 Å². The fourth-order valence-electron chi connectivity index (χ4n) is 1.08. The Hall–Kier alpha value is -1.24. The lowest BCUT2D eigenvalue weighted by Crippen LogP contribution is -2.25. The first-order valence-electron chi connectivity index (χ1n) is 3.67. The van der Waals surface area contributed by atoms with E-state index in [0.29, 0.717) is 5.76 Å². The van der Waals surface area contributed by atoms with Gasteiger partial charge in [-0.05, 0) is 19.1 Å². The van der Waals surface area contributed by atoms with Crippen molar-refractivity contribution >= 4 is 11.8 Å². The summed E-state index contributed by atoms with van der Waals surface area (Å²) in [5, 5.41) is 11.2. The Morgan fingerprint density at radius 3 is 2.45 bits per heavy atom. The third-order valence-electron chi connectivity index (χ3n) is 1.66. The van der Waals surface area contributed by atoms with Gasteiger partial charge in [-0.1, -0.05) is 30.3 Å². The molecule has 1 heteroatoms. The first kappa shape index (κ1) is 7.86. The van der Waals surface area contributed by atoms with Gasteiger partial charge >= 0.3 is 0 Å². The molecule has 0 aliphatic heterocycles. The molecule has 0 unspecified atom stereocenters. The topological polar surface area (TPSA) is 20.2 Å². The van der Waals surface area contributed by atoms with Gasteiger partial charge in [0.25, 0.3) is 0 Å². The van der Waals surface area contributed by atoms with Crippen molar-refractivity contribution in [2.45, 2.75) is 13.8 Å². The first-order valence-corrected chi connectivity index (χ1v) is 3.67. The van der Waals surface area contributed by atoms with Crippen molar-refractivity contribution in [1.82, 2.24) is 0 Å². The van der Waals surface area contributed by atoms with Crippen LogP contribution < -0.4 is 10.4 Å². The van der Waals surface area contributed by atoms with Gasteiger partial charge in [0.2, 0.25) is 0 Å². The number of hydrogen-bond acceptors (Lipinski definition) is 1. The molecule has 0 aliphatic rings. The van der Waals surface area contributed by atoms with Gasteiger partial charge in [0.15, 0.2) is 0 Å². The van der Waals surface area contributed by atoms with Gasteiger partial charge in [0, 0.05) is 5.22 Å². The van der Waals surface area contributed by atoms with E-state index in [4.69, 9.17) is 0 Å². The number of rotatable bonds is 0. The number of benzene rings is 1. The summed E-state index contributed by atoms with van der Waals surface area (Å²) >= 11 is 0. The van der Waals surface area contributed by atoms with Crippen LogP contribution in [0, 0.1) is 0 Å². The maximum Gasteiger partial charge on any atom is 0.0969 e. The summed E-state index contributed by atoms with van der Waals surface area (Å²) < 4.78 is 0. The predicted molar refractivity (Wildman–Crippen MR) is 47.5 cm³/mol. The second kappa shape index (κ2) is 3.24. The van der Waals surface area contributed by atoms with E-state index >= 15 is 0 Å². The zero-order valence-corrected chi connectivity index (χ0v) is 6.83. The first-order chi connectivity index (χ1) is 5.25. The van der Waals surface area contributed by atoms with Gasteiger partial charge in [-0.15, -0.1) is 0 Å². The lowest BCUT2D eigenvalue weighted by atomic mass is 10.2. The van der Waals surface area contributed by atoms with Crippen LogP contribution in [-0.2, 0) is 0 Å². The van der Waals surface area contributed by atoms with E-state index in [9.17, 15) is 5.11 Å². The van der Waals surface area contributed by atoms with Crippen LogP contribution in [0.1, 0.15) is 13.8 Å². The second-order valence-electron chi connectivity index (χ2n) is 2.46. The molecule has 0 aliphatic carbocycles. The molecule has 1 nitrogen and oxygen atoms in total. The quantitative estimate of drug-likeness (QED) is 0.585. The molecule has 1 rings (SSSR count). The third-order valence-corrected chi connectivity index (χ3v) is 1.66. The number of aliphatic hydroxyl groups excluding tert-OH is 1. The average Bonchev–Trinajstić information content (AvgIpc) is 2.04. The summed E-state index contributed by atoms with van der Waals surface area (Å²) in [6, 6.07) is 7.77. The second-order valence-corrected chi connectivity index (χ2v) is 2.46. The van der Waals surface area contributed by atoms with Crippen LogP contribution in [0.2, 0.25) is 0 Å². The minimum absolute atomic E-state index is 0.374. The van der Waals surface area contributed by atoms with Crippen LogP contribution in [0.4, 0.5) is 0 Å². The fourth-order valence-corrected chi connectivity index (χ4v) is 1.08. The summed E-state index contributed by atoms with van der Waals surface area (Å²) in [5.41, 5.74) is 0. The van der Waals surface area contributed by atoms with E-state index in [-0.39, 0.29) is 0 Å². The van der Waals surface area contributed by atoms with E-state index in [1.165, 1.54) is 0 Å². The van der Waals surface area contributed by atoms with E-state index in [0.717, 1.165) is 10.4 Å². The van der Waals surface area contributed by atoms with Crippen LogP contribution in [0.15, 0.2) is 24.3 Å². The summed E-state index contributed by atoms with van der Waals surface area (Å²) in [4.78, 5) is 0. The average molecular weight is 148 g/mol. The fraction of sp³-hybridized carbons (Fsp3) is 0.200. The van der Waals surface area contributed by atoms with Gasteiger partial charge in [-0.2, -0.15) is 0 Å². The maximum atomic E-state index is 9.23. The standard InChI is InChI=1S/C10H12O/c1-3-9-6-4-5-7-10(9)8(2)11/h3-7,11H,1-2H3/b9-3+,10-8+. The molecule has 0 heterocycles. The van der Waals surface area contributed by atoms with Crippen molar-refractivity contribution in [1.29, 1.82) is 0 Å². The van der Waals surface area contributed by atoms with Crippen molar-refractivity contribution in [3.8, 4) is 0 Å². The van der Waals surface area contributed by atoms with E-state index < -0.39 is 0 Å². The van der Waals surface area contributed by atoms with Gasteiger partial charge in [-0.25, -0.2) is 0 Å². The maximum absolute atomic E-state index is 9.23. The minimum Gasteiger partial charge on any atom is -0.512 e. The molecular formula is C10H12O. The van der Waals surface area contributed by atoms with Crippen molar-refractivity contribution in [2.75, 3.05) is 0 Å². The summed E-state index contributed by atoms with van der Waals surface area (Å²) in [5.74, 6) is 0.374. The van der Waals surface area contributed by atoms with E-state index in [2.05, 4.69) is 0 Å². The number of aliphatic hydroxyl groups is 1. The molecule has 0 radical (unpaired) electrons. The molecular weight excluding hydrogens is 136 g/mol. The molecule has 0 spiro atoms. The van der Waals surface area contributed by atoms with Crippen LogP contribution in [0.5, 0.6) is 0 Å². The Kier molecular flexibility index (Phi) is 2.32. The van der Waals surface area contributed by atoms with Gasteiger partial charge < -0.3 is 5.11 Å². The Bertz CT molecular complexity index is 345. The predicted octanol–water partition coefficient (Wildman–Crippen LogP) is 1.17. The van der Waals surface area contributed by atoms with Crippen LogP contribution in [0.25, 0.3) is 11.8 Å². The Morgan fingerprint density at radius 2 is 2.00 bits per heavy atom. The summed E-state index contributed by atoms with van der Waals surface area (Å²) in [7, 11) is 0. The molecule has 0 aromatic heterocycles. The lowest BCUT2D eigenvalue weighted by Gasteiger charge is -1.90. The van der Waals surface area contributed by atoms with Gasteiger partial charge in [0.05, 0.1) is 5.76 Å². The van der Waals surface area contributed by atoms with E-state index in [1.807, 2.05) is 37.3 Å². The zero-order valence-electron chi connectivity index (χ0n) is 6.83. The molecule has 1 aromatic rings. The normalized spacial score (nSPS) is 14.9. The lowest BCUT2D eigenvalue weighted by molar-refractivity contribution is 0.498. The SMILES string of the molecule is C/C=c1\cccc\c1=C(\C)O. The highest BCUT2D eigenvalue weighted by atomic mass is 16.3. The van der Waals surface area contributed by atoms with Crippen LogP contribution in [-0.4, -0.2) is 5.11 Å². The molecule has 1 aromatic carbocycles. The molecule has 0 amide bonds. The minimum atomic E-state index is 0.374.